The maximum atomic E-state index is 6.35. The number of methoxy groups -OCH3 is 1. The van der Waals surface area contributed by atoms with Crippen LogP contribution in [0, 0.1) is 0 Å². The second kappa shape index (κ2) is 6.78. The summed E-state index contributed by atoms with van der Waals surface area (Å²) in [4.78, 5) is 7.12. The van der Waals surface area contributed by atoms with Crippen LogP contribution in [0.3, 0.4) is 0 Å². The molecular weight excluding hydrogens is 358 g/mol. The number of ether oxygens (including phenoxy) is 2. The lowest BCUT2D eigenvalue weighted by molar-refractivity contribution is -0.0821. The van der Waals surface area contributed by atoms with Crippen molar-refractivity contribution in [2.75, 3.05) is 20.2 Å². The van der Waals surface area contributed by atoms with Gasteiger partial charge in [-0.25, -0.2) is 4.98 Å². The minimum atomic E-state index is -0.114. The van der Waals surface area contributed by atoms with Gasteiger partial charge in [0, 0.05) is 25.2 Å². The van der Waals surface area contributed by atoms with Crippen molar-refractivity contribution in [3.8, 4) is 17.0 Å². The first-order valence-corrected chi connectivity index (χ1v) is 10.3. The summed E-state index contributed by atoms with van der Waals surface area (Å²) in [5, 5.41) is 4.39. The highest BCUT2D eigenvalue weighted by Gasteiger charge is 2.43. The van der Waals surface area contributed by atoms with Gasteiger partial charge in [0.05, 0.1) is 25.5 Å². The molecule has 1 atom stereocenters. The summed E-state index contributed by atoms with van der Waals surface area (Å²) in [5.74, 6) is 1.88. The molecule has 5 rings (SSSR count). The molecule has 0 N–H and O–H groups in total. The molecule has 0 saturated carbocycles. The Morgan fingerprint density at radius 2 is 2.26 bits per heavy atom. The van der Waals surface area contributed by atoms with E-state index in [4.69, 9.17) is 9.47 Å². The highest BCUT2D eigenvalue weighted by Crippen LogP contribution is 2.36. The fourth-order valence-electron chi connectivity index (χ4n) is 4.22. The molecule has 0 aliphatic carbocycles. The van der Waals surface area contributed by atoms with Gasteiger partial charge in [0.2, 0.25) is 0 Å². The Hall–Kier alpha value is -2.15. The van der Waals surface area contributed by atoms with Gasteiger partial charge in [-0.3, -0.25) is 4.90 Å². The van der Waals surface area contributed by atoms with Gasteiger partial charge in [-0.05, 0) is 40.9 Å². The molecule has 2 aromatic heterocycles. The molecule has 1 saturated heterocycles. The predicted molar refractivity (Wildman–Crippen MR) is 106 cm³/mol. The fourth-order valence-corrected chi connectivity index (χ4v) is 4.88. The van der Waals surface area contributed by atoms with E-state index in [2.05, 4.69) is 43.4 Å². The number of aromatic nitrogens is 2. The van der Waals surface area contributed by atoms with Crippen LogP contribution in [0.5, 0.6) is 5.75 Å². The Morgan fingerprint density at radius 1 is 1.30 bits per heavy atom. The van der Waals surface area contributed by atoms with Gasteiger partial charge in [0.25, 0.3) is 0 Å². The van der Waals surface area contributed by atoms with E-state index in [1.807, 2.05) is 18.3 Å². The van der Waals surface area contributed by atoms with E-state index in [0.717, 1.165) is 55.4 Å². The molecule has 2 aliphatic heterocycles. The minimum Gasteiger partial charge on any atom is -0.497 e. The topological polar surface area (TPSA) is 39.5 Å². The molecule has 1 aromatic carbocycles. The van der Waals surface area contributed by atoms with Crippen molar-refractivity contribution < 1.29 is 9.47 Å². The molecule has 1 spiro atoms. The molecule has 0 bridgehead atoms. The van der Waals surface area contributed by atoms with Crippen molar-refractivity contribution in [1.29, 1.82) is 0 Å². The van der Waals surface area contributed by atoms with Gasteiger partial charge in [-0.15, -0.1) is 0 Å². The lowest BCUT2D eigenvalue weighted by atomic mass is 10.0. The number of likely N-dealkylation sites (tertiary alicyclic amines) is 1. The number of fused-ring (bicyclic) bond motifs is 1. The molecule has 6 heteroatoms. The van der Waals surface area contributed by atoms with E-state index in [9.17, 15) is 0 Å². The fraction of sp³-hybridized carbons (Fsp3) is 0.381. The van der Waals surface area contributed by atoms with E-state index in [-0.39, 0.29) is 5.60 Å². The standard InChI is InChI=1S/C21H23N3O2S/c1-25-18-4-2-3-17(9-18)19-10-22-20-12-26-21(15-24(19)20)6-7-23(14-21)11-16-5-8-27-13-16/h2-5,8-10,13H,6-7,11-12,14-15H2,1H3/t21-/m1/s1. The zero-order valence-corrected chi connectivity index (χ0v) is 16.2. The molecular formula is C21H23N3O2S. The zero-order valence-electron chi connectivity index (χ0n) is 15.4. The number of hydrogen-bond acceptors (Lipinski definition) is 5. The van der Waals surface area contributed by atoms with Crippen LogP contribution >= 0.6 is 11.3 Å². The van der Waals surface area contributed by atoms with E-state index < -0.39 is 0 Å². The predicted octanol–water partition coefficient (Wildman–Crippen LogP) is 3.80. The average molecular weight is 382 g/mol. The summed E-state index contributed by atoms with van der Waals surface area (Å²) >= 11 is 1.76. The van der Waals surface area contributed by atoms with Crippen LogP contribution in [0.25, 0.3) is 11.3 Å². The van der Waals surface area contributed by atoms with Crippen molar-refractivity contribution in [1.82, 2.24) is 14.5 Å². The molecule has 4 heterocycles. The van der Waals surface area contributed by atoms with E-state index in [1.54, 1.807) is 18.4 Å². The Kier molecular flexibility index (Phi) is 4.27. The molecule has 0 radical (unpaired) electrons. The van der Waals surface area contributed by atoms with Crippen molar-refractivity contribution in [3.63, 3.8) is 0 Å². The quantitative estimate of drug-likeness (QED) is 0.689. The van der Waals surface area contributed by atoms with Gasteiger partial charge >= 0.3 is 0 Å². The van der Waals surface area contributed by atoms with Crippen LogP contribution in [0.4, 0.5) is 0 Å². The first-order valence-electron chi connectivity index (χ1n) is 9.31. The largest absolute Gasteiger partial charge is 0.497 e. The van der Waals surface area contributed by atoms with E-state index in [0.29, 0.717) is 6.61 Å². The molecule has 0 unspecified atom stereocenters. The van der Waals surface area contributed by atoms with Crippen molar-refractivity contribution in [2.24, 2.45) is 0 Å². The molecule has 0 amide bonds. The zero-order chi connectivity index (χ0) is 18.3. The van der Waals surface area contributed by atoms with Crippen LogP contribution in [0.15, 0.2) is 47.3 Å². The van der Waals surface area contributed by atoms with Crippen LogP contribution < -0.4 is 4.74 Å². The third-order valence-corrected chi connectivity index (χ3v) is 6.37. The van der Waals surface area contributed by atoms with Gasteiger partial charge in [-0.2, -0.15) is 11.3 Å². The molecule has 5 nitrogen and oxygen atoms in total. The Balaban J connectivity index is 1.39. The SMILES string of the molecule is COc1cccc(-c2cnc3n2C[C@]2(CCN(Cc4ccsc4)C2)OC3)c1. The second-order valence-corrected chi connectivity index (χ2v) is 8.22. The van der Waals surface area contributed by atoms with E-state index >= 15 is 0 Å². The number of benzene rings is 1. The average Bonchev–Trinajstić information content (AvgIpc) is 3.43. The Labute approximate surface area is 163 Å². The van der Waals surface area contributed by atoms with Crippen molar-refractivity contribution in [2.45, 2.75) is 31.7 Å². The Morgan fingerprint density at radius 3 is 3.11 bits per heavy atom. The summed E-state index contributed by atoms with van der Waals surface area (Å²) in [7, 11) is 1.70. The first kappa shape index (κ1) is 17.0. The van der Waals surface area contributed by atoms with Gasteiger partial charge in [0.15, 0.2) is 0 Å². The normalized spacial score (nSPS) is 22.3. The number of imidazole rings is 1. The van der Waals surface area contributed by atoms with Crippen molar-refractivity contribution in [3.05, 3.63) is 58.7 Å². The van der Waals surface area contributed by atoms with Crippen LogP contribution in [0.2, 0.25) is 0 Å². The van der Waals surface area contributed by atoms with Crippen LogP contribution in [0.1, 0.15) is 17.8 Å². The monoisotopic (exact) mass is 381 g/mol. The molecule has 2 aliphatic rings. The van der Waals surface area contributed by atoms with Gasteiger partial charge in [-0.1, -0.05) is 12.1 Å². The first-order chi connectivity index (χ1) is 13.2. The summed E-state index contributed by atoms with van der Waals surface area (Å²) in [6.45, 7) is 4.49. The summed E-state index contributed by atoms with van der Waals surface area (Å²) in [5.41, 5.74) is 3.56. The molecule has 3 aromatic rings. The highest BCUT2D eigenvalue weighted by molar-refractivity contribution is 7.07. The highest BCUT2D eigenvalue weighted by atomic mass is 32.1. The second-order valence-electron chi connectivity index (χ2n) is 7.44. The minimum absolute atomic E-state index is 0.114. The summed E-state index contributed by atoms with van der Waals surface area (Å²) in [6, 6.07) is 10.4. The van der Waals surface area contributed by atoms with Crippen molar-refractivity contribution >= 4 is 11.3 Å². The number of nitrogens with zero attached hydrogens (tertiary/aromatic N) is 3. The van der Waals surface area contributed by atoms with Crippen LogP contribution in [-0.2, 0) is 24.4 Å². The van der Waals surface area contributed by atoms with Gasteiger partial charge < -0.3 is 14.0 Å². The third-order valence-electron chi connectivity index (χ3n) is 5.64. The number of hydrogen-bond donors (Lipinski definition) is 0. The molecule has 27 heavy (non-hydrogen) atoms. The molecule has 1 fully saturated rings. The van der Waals surface area contributed by atoms with E-state index in [1.165, 1.54) is 5.56 Å². The third kappa shape index (κ3) is 3.18. The number of rotatable bonds is 4. The maximum Gasteiger partial charge on any atom is 0.135 e. The maximum absolute atomic E-state index is 6.35. The number of thiophene rings is 1. The Bertz CT molecular complexity index is 937. The van der Waals surface area contributed by atoms with Crippen LogP contribution in [-0.4, -0.2) is 40.3 Å². The summed E-state index contributed by atoms with van der Waals surface area (Å²) < 4.78 is 14.1. The summed E-state index contributed by atoms with van der Waals surface area (Å²) in [6.07, 6.45) is 3.02. The lowest BCUT2D eigenvalue weighted by Crippen LogP contribution is -2.44. The lowest BCUT2D eigenvalue weighted by Gasteiger charge is -2.35. The van der Waals surface area contributed by atoms with Gasteiger partial charge in [0.1, 0.15) is 23.8 Å². The molecule has 140 valence electrons. The smallest absolute Gasteiger partial charge is 0.135 e.